The van der Waals surface area contributed by atoms with Crippen LogP contribution in [0.25, 0.3) is 0 Å². The Morgan fingerprint density at radius 1 is 1.40 bits per heavy atom. The monoisotopic (exact) mass is 284 g/mol. The van der Waals surface area contributed by atoms with Crippen LogP contribution in [0.4, 0.5) is 0 Å². The number of aliphatic imine (C=N–C) groups is 1. The van der Waals surface area contributed by atoms with Crippen LogP contribution in [0, 0.1) is 0 Å². The van der Waals surface area contributed by atoms with Crippen LogP contribution in [0.5, 0.6) is 0 Å². The molecule has 1 unspecified atom stereocenters. The highest BCUT2D eigenvalue weighted by molar-refractivity contribution is 5.81. The van der Waals surface area contributed by atoms with Gasteiger partial charge in [-0.15, -0.1) is 0 Å². The molecule has 1 heterocycles. The van der Waals surface area contributed by atoms with Gasteiger partial charge in [0.1, 0.15) is 0 Å². The van der Waals surface area contributed by atoms with Gasteiger partial charge in [0.2, 0.25) is 5.91 Å². The number of ether oxygens (including phenoxy) is 1. The van der Waals surface area contributed by atoms with Gasteiger partial charge in [0, 0.05) is 32.2 Å². The van der Waals surface area contributed by atoms with Gasteiger partial charge < -0.3 is 20.7 Å². The van der Waals surface area contributed by atoms with E-state index in [1.165, 1.54) is 0 Å². The number of carbonyl (C=O) groups excluding carboxylic acids is 1. The second kappa shape index (κ2) is 9.58. The second-order valence-corrected chi connectivity index (χ2v) is 5.25. The first-order valence-electron chi connectivity index (χ1n) is 7.55. The van der Waals surface area contributed by atoms with Gasteiger partial charge in [-0.05, 0) is 33.6 Å². The molecule has 1 atom stereocenters. The normalized spacial score (nSPS) is 19.2. The summed E-state index contributed by atoms with van der Waals surface area (Å²) < 4.78 is 5.54. The van der Waals surface area contributed by atoms with E-state index in [0.29, 0.717) is 19.5 Å². The third-order valence-electron chi connectivity index (χ3n) is 2.92. The van der Waals surface area contributed by atoms with Gasteiger partial charge in [0.15, 0.2) is 5.96 Å². The third kappa shape index (κ3) is 7.33. The van der Waals surface area contributed by atoms with Crippen molar-refractivity contribution in [2.75, 3.05) is 26.2 Å². The minimum Gasteiger partial charge on any atom is -0.376 e. The highest BCUT2D eigenvalue weighted by atomic mass is 16.5. The zero-order valence-corrected chi connectivity index (χ0v) is 12.9. The highest BCUT2D eigenvalue weighted by Crippen LogP contribution is 2.11. The molecule has 1 saturated heterocycles. The maximum absolute atomic E-state index is 11.5. The summed E-state index contributed by atoms with van der Waals surface area (Å²) >= 11 is 0. The molecular formula is C14H28N4O2. The van der Waals surface area contributed by atoms with Crippen molar-refractivity contribution in [2.24, 2.45) is 4.99 Å². The van der Waals surface area contributed by atoms with Crippen molar-refractivity contribution in [1.29, 1.82) is 0 Å². The van der Waals surface area contributed by atoms with E-state index in [0.717, 1.165) is 32.0 Å². The summed E-state index contributed by atoms with van der Waals surface area (Å²) in [6.45, 7) is 8.84. The molecule has 0 aromatic rings. The molecule has 1 amide bonds. The minimum atomic E-state index is 0.0578. The van der Waals surface area contributed by atoms with Crippen LogP contribution in [0.3, 0.4) is 0 Å². The molecule has 1 aliphatic heterocycles. The van der Waals surface area contributed by atoms with Crippen LogP contribution < -0.4 is 16.0 Å². The minimum absolute atomic E-state index is 0.0578. The fraction of sp³-hybridized carbons (Fsp3) is 0.857. The number of hydrogen-bond acceptors (Lipinski definition) is 3. The van der Waals surface area contributed by atoms with Crippen molar-refractivity contribution in [1.82, 2.24) is 16.0 Å². The first-order chi connectivity index (χ1) is 9.61. The Balaban J connectivity index is 2.26. The molecule has 6 heteroatoms. The number of nitrogens with zero attached hydrogens (tertiary/aromatic N) is 1. The van der Waals surface area contributed by atoms with Gasteiger partial charge in [-0.3, -0.25) is 9.79 Å². The van der Waals surface area contributed by atoms with E-state index in [4.69, 9.17) is 4.74 Å². The van der Waals surface area contributed by atoms with Crippen LogP contribution in [-0.2, 0) is 9.53 Å². The van der Waals surface area contributed by atoms with Gasteiger partial charge in [0.05, 0.1) is 12.6 Å². The second-order valence-electron chi connectivity index (χ2n) is 5.25. The van der Waals surface area contributed by atoms with E-state index < -0.39 is 0 Å². The fourth-order valence-electron chi connectivity index (χ4n) is 2.01. The van der Waals surface area contributed by atoms with E-state index >= 15 is 0 Å². The van der Waals surface area contributed by atoms with Gasteiger partial charge in [-0.25, -0.2) is 0 Å². The van der Waals surface area contributed by atoms with Crippen LogP contribution in [0.15, 0.2) is 4.99 Å². The van der Waals surface area contributed by atoms with Gasteiger partial charge in [-0.1, -0.05) is 0 Å². The van der Waals surface area contributed by atoms with Crippen molar-refractivity contribution >= 4 is 11.9 Å². The highest BCUT2D eigenvalue weighted by Gasteiger charge is 2.14. The lowest BCUT2D eigenvalue weighted by Crippen LogP contribution is -2.40. The summed E-state index contributed by atoms with van der Waals surface area (Å²) in [6.07, 6.45) is 2.90. The van der Waals surface area contributed by atoms with E-state index in [1.807, 2.05) is 20.8 Å². The summed E-state index contributed by atoms with van der Waals surface area (Å²) in [5.41, 5.74) is 0. The van der Waals surface area contributed by atoms with Crippen molar-refractivity contribution in [3.63, 3.8) is 0 Å². The summed E-state index contributed by atoms with van der Waals surface area (Å²) in [7, 11) is 0. The van der Waals surface area contributed by atoms with E-state index in [9.17, 15) is 4.79 Å². The Bertz CT molecular complexity index is 312. The predicted octanol–water partition coefficient (Wildman–Crippen LogP) is 0.635. The lowest BCUT2D eigenvalue weighted by atomic mass is 10.2. The molecule has 0 bridgehead atoms. The average molecular weight is 284 g/mol. The Morgan fingerprint density at radius 2 is 2.20 bits per heavy atom. The number of rotatable bonds is 7. The SMILES string of the molecule is CCNC(=NCC1CCCO1)NCCC(=O)NC(C)C. The lowest BCUT2D eigenvalue weighted by Gasteiger charge is -2.13. The van der Waals surface area contributed by atoms with Crippen molar-refractivity contribution in [2.45, 2.75) is 52.2 Å². The molecule has 0 saturated carbocycles. The third-order valence-corrected chi connectivity index (χ3v) is 2.92. The number of carbonyl (C=O) groups is 1. The lowest BCUT2D eigenvalue weighted by molar-refractivity contribution is -0.121. The zero-order valence-electron chi connectivity index (χ0n) is 12.9. The number of guanidine groups is 1. The standard InChI is InChI=1S/C14H28N4O2/c1-4-15-14(17-10-12-6-5-9-20-12)16-8-7-13(19)18-11(2)3/h11-12H,4-10H2,1-3H3,(H,18,19)(H2,15,16,17). The Morgan fingerprint density at radius 3 is 2.80 bits per heavy atom. The molecule has 1 fully saturated rings. The van der Waals surface area contributed by atoms with Crippen LogP contribution in [0.1, 0.15) is 40.0 Å². The summed E-state index contributed by atoms with van der Waals surface area (Å²) in [5, 5.41) is 9.21. The number of hydrogen-bond donors (Lipinski definition) is 3. The van der Waals surface area contributed by atoms with Crippen LogP contribution in [-0.4, -0.2) is 50.3 Å². The van der Waals surface area contributed by atoms with Crippen molar-refractivity contribution < 1.29 is 9.53 Å². The zero-order chi connectivity index (χ0) is 14.8. The largest absolute Gasteiger partial charge is 0.376 e. The van der Waals surface area contributed by atoms with E-state index in [1.54, 1.807) is 0 Å². The predicted molar refractivity (Wildman–Crippen MR) is 80.9 cm³/mol. The molecule has 0 spiro atoms. The van der Waals surface area contributed by atoms with E-state index in [2.05, 4.69) is 20.9 Å². The molecular weight excluding hydrogens is 256 g/mol. The molecule has 0 radical (unpaired) electrons. The summed E-state index contributed by atoms with van der Waals surface area (Å²) in [6, 6.07) is 0.184. The molecule has 20 heavy (non-hydrogen) atoms. The molecule has 1 rings (SSSR count). The number of nitrogens with one attached hydrogen (secondary N) is 3. The van der Waals surface area contributed by atoms with Gasteiger partial charge >= 0.3 is 0 Å². The van der Waals surface area contributed by atoms with Crippen molar-refractivity contribution in [3.8, 4) is 0 Å². The van der Waals surface area contributed by atoms with Crippen LogP contribution >= 0.6 is 0 Å². The van der Waals surface area contributed by atoms with Gasteiger partial charge in [0.25, 0.3) is 0 Å². The molecule has 0 aromatic carbocycles. The molecule has 0 aliphatic carbocycles. The summed E-state index contributed by atoms with van der Waals surface area (Å²) in [4.78, 5) is 16.0. The average Bonchev–Trinajstić information content (AvgIpc) is 2.88. The summed E-state index contributed by atoms with van der Waals surface area (Å²) in [5.74, 6) is 0.808. The topological polar surface area (TPSA) is 74.8 Å². The first-order valence-corrected chi connectivity index (χ1v) is 7.55. The van der Waals surface area contributed by atoms with Gasteiger partial charge in [-0.2, -0.15) is 0 Å². The first kappa shape index (κ1) is 16.8. The molecule has 116 valence electrons. The fourth-order valence-corrected chi connectivity index (χ4v) is 2.01. The van der Waals surface area contributed by atoms with Crippen molar-refractivity contribution in [3.05, 3.63) is 0 Å². The quantitative estimate of drug-likeness (QED) is 0.474. The maximum atomic E-state index is 11.5. The Kier molecular flexibility index (Phi) is 8.02. The Hall–Kier alpha value is -1.30. The van der Waals surface area contributed by atoms with Crippen LogP contribution in [0.2, 0.25) is 0 Å². The maximum Gasteiger partial charge on any atom is 0.221 e. The number of amides is 1. The molecule has 6 nitrogen and oxygen atoms in total. The molecule has 3 N–H and O–H groups in total. The smallest absolute Gasteiger partial charge is 0.221 e. The Labute approximate surface area is 121 Å². The van der Waals surface area contributed by atoms with E-state index in [-0.39, 0.29) is 18.1 Å². The molecule has 0 aromatic heterocycles. The molecule has 1 aliphatic rings.